The van der Waals surface area contributed by atoms with Crippen LogP contribution < -0.4 is 5.73 Å². The predicted molar refractivity (Wildman–Crippen MR) is 67.9 cm³/mol. The van der Waals surface area contributed by atoms with E-state index in [2.05, 4.69) is 20.9 Å². The van der Waals surface area contributed by atoms with Crippen LogP contribution in [0.5, 0.6) is 0 Å². The first-order valence-electron chi connectivity index (χ1n) is 5.23. The van der Waals surface area contributed by atoms with Crippen LogP contribution in [-0.2, 0) is 13.5 Å². The molecule has 1 atom stereocenters. The molecule has 1 aromatic carbocycles. The number of benzene rings is 1. The molecule has 1 unspecified atom stereocenters. The van der Waals surface area contributed by atoms with Crippen molar-refractivity contribution in [1.82, 2.24) is 9.55 Å². The van der Waals surface area contributed by atoms with E-state index in [9.17, 15) is 4.39 Å². The van der Waals surface area contributed by atoms with Crippen LogP contribution >= 0.6 is 15.9 Å². The number of hydrogen-bond donors (Lipinski definition) is 1. The molecule has 2 N–H and O–H groups in total. The van der Waals surface area contributed by atoms with Gasteiger partial charge < -0.3 is 10.3 Å². The first-order valence-corrected chi connectivity index (χ1v) is 6.03. The van der Waals surface area contributed by atoms with Gasteiger partial charge in [-0.15, -0.1) is 0 Å². The van der Waals surface area contributed by atoms with Gasteiger partial charge in [0.15, 0.2) is 0 Å². The lowest BCUT2D eigenvalue weighted by Gasteiger charge is -2.10. The first-order chi connectivity index (χ1) is 8.06. The maximum Gasteiger partial charge on any atom is 0.124 e. The van der Waals surface area contributed by atoms with Crippen molar-refractivity contribution >= 4 is 15.9 Å². The molecule has 5 heteroatoms. The van der Waals surface area contributed by atoms with E-state index in [1.54, 1.807) is 12.4 Å². The average Bonchev–Trinajstić information content (AvgIpc) is 2.69. The minimum absolute atomic E-state index is 0.182. The van der Waals surface area contributed by atoms with Gasteiger partial charge in [0.1, 0.15) is 5.82 Å². The van der Waals surface area contributed by atoms with Crippen LogP contribution in [-0.4, -0.2) is 9.55 Å². The number of nitrogens with zero attached hydrogens (tertiary/aromatic N) is 2. The van der Waals surface area contributed by atoms with Crippen molar-refractivity contribution in [2.45, 2.75) is 12.5 Å². The molecule has 17 heavy (non-hydrogen) atoms. The molecule has 0 radical (unpaired) electrons. The van der Waals surface area contributed by atoms with Gasteiger partial charge in [-0.05, 0) is 24.1 Å². The van der Waals surface area contributed by atoms with Crippen LogP contribution in [0.25, 0.3) is 0 Å². The normalized spacial score (nSPS) is 12.7. The molecule has 0 amide bonds. The number of aryl methyl sites for hydroxylation is 1. The van der Waals surface area contributed by atoms with Gasteiger partial charge in [-0.1, -0.05) is 22.0 Å². The second kappa shape index (κ2) is 4.98. The van der Waals surface area contributed by atoms with Gasteiger partial charge in [-0.2, -0.15) is 0 Å². The minimum atomic E-state index is -0.257. The van der Waals surface area contributed by atoms with Crippen molar-refractivity contribution in [2.24, 2.45) is 12.8 Å². The van der Waals surface area contributed by atoms with Crippen molar-refractivity contribution in [3.8, 4) is 0 Å². The highest BCUT2D eigenvalue weighted by atomic mass is 79.9. The summed E-state index contributed by atoms with van der Waals surface area (Å²) < 4.78 is 15.5. The average molecular weight is 298 g/mol. The zero-order valence-electron chi connectivity index (χ0n) is 9.40. The number of nitrogens with two attached hydrogens (primary N) is 1. The molecule has 0 fully saturated rings. The second-order valence-electron chi connectivity index (χ2n) is 4.01. The molecule has 0 spiro atoms. The van der Waals surface area contributed by atoms with Crippen LogP contribution in [0.1, 0.15) is 17.3 Å². The lowest BCUT2D eigenvalue weighted by Crippen LogP contribution is -2.14. The Labute approximate surface area is 108 Å². The molecule has 0 saturated carbocycles. The summed E-state index contributed by atoms with van der Waals surface area (Å²) in [5.41, 5.74) is 7.87. The fourth-order valence-electron chi connectivity index (χ4n) is 1.65. The van der Waals surface area contributed by atoms with E-state index in [1.165, 1.54) is 12.1 Å². The quantitative estimate of drug-likeness (QED) is 0.946. The summed E-state index contributed by atoms with van der Waals surface area (Å²) in [6, 6.07) is 4.44. The molecule has 0 aliphatic heterocycles. The van der Waals surface area contributed by atoms with Crippen LogP contribution in [0.15, 0.2) is 35.2 Å². The van der Waals surface area contributed by atoms with Crippen molar-refractivity contribution < 1.29 is 4.39 Å². The monoisotopic (exact) mass is 297 g/mol. The Morgan fingerprint density at radius 3 is 2.88 bits per heavy atom. The highest BCUT2D eigenvalue weighted by Crippen LogP contribution is 2.22. The highest BCUT2D eigenvalue weighted by Gasteiger charge is 2.12. The maximum absolute atomic E-state index is 12.9. The van der Waals surface area contributed by atoms with Crippen molar-refractivity contribution in [3.05, 3.63) is 52.3 Å². The molecule has 90 valence electrons. The summed E-state index contributed by atoms with van der Waals surface area (Å²) in [6.45, 7) is 0. The fraction of sp³-hybridized carbons (Fsp3) is 0.250. The molecule has 0 aliphatic rings. The maximum atomic E-state index is 12.9. The van der Waals surface area contributed by atoms with E-state index in [0.29, 0.717) is 6.42 Å². The number of aromatic nitrogens is 2. The zero-order chi connectivity index (χ0) is 12.4. The van der Waals surface area contributed by atoms with Gasteiger partial charge in [-0.25, -0.2) is 9.37 Å². The van der Waals surface area contributed by atoms with Crippen LogP contribution in [0.3, 0.4) is 0 Å². The van der Waals surface area contributed by atoms with Gasteiger partial charge in [-0.3, -0.25) is 0 Å². The van der Waals surface area contributed by atoms with E-state index in [-0.39, 0.29) is 11.9 Å². The zero-order valence-corrected chi connectivity index (χ0v) is 11.0. The third kappa shape index (κ3) is 2.92. The van der Waals surface area contributed by atoms with Crippen LogP contribution in [0, 0.1) is 5.82 Å². The van der Waals surface area contributed by atoms with E-state index >= 15 is 0 Å². The molecule has 0 aliphatic carbocycles. The van der Waals surface area contributed by atoms with E-state index < -0.39 is 0 Å². The smallest absolute Gasteiger partial charge is 0.124 e. The highest BCUT2D eigenvalue weighted by molar-refractivity contribution is 9.10. The van der Waals surface area contributed by atoms with Gasteiger partial charge >= 0.3 is 0 Å². The SMILES string of the molecule is Cn1cnc(C(N)Cc2ccc(F)cc2Br)c1. The molecule has 0 saturated heterocycles. The minimum Gasteiger partial charge on any atom is -0.340 e. The lowest BCUT2D eigenvalue weighted by atomic mass is 10.0. The Balaban J connectivity index is 2.15. The van der Waals surface area contributed by atoms with Crippen LogP contribution in [0.4, 0.5) is 4.39 Å². The summed E-state index contributed by atoms with van der Waals surface area (Å²) in [5, 5.41) is 0. The second-order valence-corrected chi connectivity index (χ2v) is 4.86. The number of rotatable bonds is 3. The Morgan fingerprint density at radius 1 is 1.53 bits per heavy atom. The predicted octanol–water partition coefficient (Wildman–Crippen LogP) is 2.56. The summed E-state index contributed by atoms with van der Waals surface area (Å²) in [5.74, 6) is -0.257. The van der Waals surface area contributed by atoms with Crippen LogP contribution in [0.2, 0.25) is 0 Å². The number of imidazole rings is 1. The molecule has 1 aromatic heterocycles. The molecule has 1 heterocycles. The molecule has 3 nitrogen and oxygen atoms in total. The summed E-state index contributed by atoms with van der Waals surface area (Å²) >= 11 is 3.33. The summed E-state index contributed by atoms with van der Waals surface area (Å²) in [7, 11) is 1.90. The van der Waals surface area contributed by atoms with E-state index in [1.807, 2.05) is 17.8 Å². The third-order valence-electron chi connectivity index (χ3n) is 2.56. The van der Waals surface area contributed by atoms with E-state index in [0.717, 1.165) is 15.7 Å². The van der Waals surface area contributed by atoms with E-state index in [4.69, 9.17) is 5.73 Å². The Bertz CT molecular complexity index is 524. The lowest BCUT2D eigenvalue weighted by molar-refractivity contribution is 0.624. The van der Waals surface area contributed by atoms with Crippen molar-refractivity contribution in [2.75, 3.05) is 0 Å². The van der Waals surface area contributed by atoms with Gasteiger partial charge in [0.25, 0.3) is 0 Å². The molecule has 2 aromatic rings. The largest absolute Gasteiger partial charge is 0.340 e. The molecule has 0 bridgehead atoms. The number of halogens is 2. The summed E-state index contributed by atoms with van der Waals surface area (Å²) in [6.07, 6.45) is 4.23. The molecule has 2 rings (SSSR count). The number of hydrogen-bond acceptors (Lipinski definition) is 2. The fourth-order valence-corrected chi connectivity index (χ4v) is 2.17. The molecular weight excluding hydrogens is 285 g/mol. The Kier molecular flexibility index (Phi) is 3.59. The topological polar surface area (TPSA) is 43.8 Å². The van der Waals surface area contributed by atoms with Gasteiger partial charge in [0.05, 0.1) is 18.1 Å². The van der Waals surface area contributed by atoms with Gasteiger partial charge in [0.2, 0.25) is 0 Å². The summed E-state index contributed by atoms with van der Waals surface area (Å²) in [4.78, 5) is 4.21. The third-order valence-corrected chi connectivity index (χ3v) is 3.30. The standard InChI is InChI=1S/C12H13BrFN3/c1-17-6-12(16-7-17)11(15)4-8-2-3-9(14)5-10(8)13/h2-3,5-7,11H,4,15H2,1H3. The van der Waals surface area contributed by atoms with Crippen molar-refractivity contribution in [1.29, 1.82) is 0 Å². The Morgan fingerprint density at radius 2 is 2.29 bits per heavy atom. The van der Waals surface area contributed by atoms with Gasteiger partial charge in [0, 0.05) is 17.7 Å². The molecular formula is C12H13BrFN3. The van der Waals surface area contributed by atoms with Crippen molar-refractivity contribution in [3.63, 3.8) is 0 Å². The first kappa shape index (κ1) is 12.3. The Hall–Kier alpha value is -1.20.